The smallest absolute Gasteiger partial charge is 0.243 e. The molecule has 1 amide bonds. The highest BCUT2D eigenvalue weighted by Gasteiger charge is 2.34. The van der Waals surface area contributed by atoms with E-state index < -0.39 is 15.9 Å². The van der Waals surface area contributed by atoms with Crippen LogP contribution in [0.3, 0.4) is 0 Å². The van der Waals surface area contributed by atoms with Gasteiger partial charge in [-0.25, -0.2) is 8.42 Å². The van der Waals surface area contributed by atoms with Gasteiger partial charge in [-0.05, 0) is 74.1 Å². The minimum atomic E-state index is -3.78. The minimum Gasteiger partial charge on any atom is -0.492 e. The second-order valence-corrected chi connectivity index (χ2v) is 11.3. The average Bonchev–Trinajstić information content (AvgIpc) is 2.81. The molecular weight excluding hydrogens is 528 g/mol. The third-order valence-corrected chi connectivity index (χ3v) is 8.49. The van der Waals surface area contributed by atoms with Gasteiger partial charge in [0.1, 0.15) is 5.75 Å². The van der Waals surface area contributed by atoms with Crippen molar-refractivity contribution >= 4 is 49.1 Å². The Kier molecular flexibility index (Phi) is 8.83. The first-order valence-corrected chi connectivity index (χ1v) is 13.9. The minimum absolute atomic E-state index is 0.103. The van der Waals surface area contributed by atoms with Gasteiger partial charge >= 0.3 is 0 Å². The van der Waals surface area contributed by atoms with Crippen LogP contribution in [-0.2, 0) is 27.7 Å². The van der Waals surface area contributed by atoms with Crippen LogP contribution in [0.4, 0.5) is 5.69 Å². The summed E-state index contributed by atoms with van der Waals surface area (Å²) in [6.07, 6.45) is 2.82. The first kappa shape index (κ1) is 26.0. The van der Waals surface area contributed by atoms with Crippen LogP contribution in [0.2, 0.25) is 5.02 Å². The van der Waals surface area contributed by atoms with Gasteiger partial charge in [-0.15, -0.1) is 0 Å². The summed E-state index contributed by atoms with van der Waals surface area (Å²) in [6, 6.07) is 8.51. The maximum absolute atomic E-state index is 13.3. The van der Waals surface area contributed by atoms with Crippen molar-refractivity contribution in [1.29, 1.82) is 0 Å². The first-order valence-electron chi connectivity index (χ1n) is 11.3. The number of carbonyl (C=O) groups excluding carboxylic acids is 1. The number of hydrogen-bond acceptors (Lipinski definition) is 4. The molecule has 0 aliphatic carbocycles. The van der Waals surface area contributed by atoms with Gasteiger partial charge in [-0.1, -0.05) is 41.4 Å². The van der Waals surface area contributed by atoms with Crippen LogP contribution in [0, 0.1) is 5.92 Å². The molecule has 2 aromatic rings. The average molecular weight is 558 g/mol. The summed E-state index contributed by atoms with van der Waals surface area (Å²) in [4.78, 5) is 13.3. The fourth-order valence-corrected chi connectivity index (χ4v) is 6.51. The Hall–Kier alpha value is -1.61. The summed E-state index contributed by atoms with van der Waals surface area (Å²) in [7, 11) is -3.78. The number of nitrogens with one attached hydrogen (secondary N) is 1. The van der Waals surface area contributed by atoms with Gasteiger partial charge in [-0.3, -0.25) is 4.79 Å². The summed E-state index contributed by atoms with van der Waals surface area (Å²) in [5.74, 6) is -0.127. The summed E-state index contributed by atoms with van der Waals surface area (Å²) in [6.45, 7) is 6.88. The number of halogens is 2. The highest BCUT2D eigenvalue weighted by atomic mass is 79.9. The van der Waals surface area contributed by atoms with Crippen LogP contribution in [0.1, 0.15) is 44.7 Å². The molecule has 1 aliphatic rings. The zero-order valence-corrected chi connectivity index (χ0v) is 22.3. The van der Waals surface area contributed by atoms with Crippen molar-refractivity contribution in [2.24, 2.45) is 5.92 Å². The topological polar surface area (TPSA) is 75.7 Å². The molecule has 180 valence electrons. The van der Waals surface area contributed by atoms with Crippen molar-refractivity contribution in [2.75, 3.05) is 25.0 Å². The van der Waals surface area contributed by atoms with Gasteiger partial charge in [-0.2, -0.15) is 4.31 Å². The molecule has 0 bridgehead atoms. The van der Waals surface area contributed by atoms with Gasteiger partial charge in [0.15, 0.2) is 0 Å². The third kappa shape index (κ3) is 5.91. The van der Waals surface area contributed by atoms with Gasteiger partial charge in [0.2, 0.25) is 15.9 Å². The first-order chi connectivity index (χ1) is 15.7. The second kappa shape index (κ2) is 11.2. The predicted octanol–water partition coefficient (Wildman–Crippen LogP) is 5.67. The lowest BCUT2D eigenvalue weighted by molar-refractivity contribution is -0.120. The maximum atomic E-state index is 13.3. The Morgan fingerprint density at radius 2 is 1.85 bits per heavy atom. The summed E-state index contributed by atoms with van der Waals surface area (Å²) < 4.78 is 34.3. The van der Waals surface area contributed by atoms with E-state index in [1.807, 2.05) is 32.9 Å². The molecule has 9 heteroatoms. The van der Waals surface area contributed by atoms with E-state index in [1.165, 1.54) is 16.4 Å². The second-order valence-electron chi connectivity index (χ2n) is 8.02. The molecule has 0 saturated carbocycles. The number of rotatable bonds is 8. The van der Waals surface area contributed by atoms with Crippen LogP contribution in [-0.4, -0.2) is 38.3 Å². The summed E-state index contributed by atoms with van der Waals surface area (Å²) >= 11 is 9.75. The van der Waals surface area contributed by atoms with Gasteiger partial charge < -0.3 is 10.1 Å². The number of amides is 1. The van der Waals surface area contributed by atoms with E-state index >= 15 is 0 Å². The molecule has 3 rings (SSSR count). The van der Waals surface area contributed by atoms with Crippen molar-refractivity contribution in [2.45, 2.75) is 51.3 Å². The summed E-state index contributed by atoms with van der Waals surface area (Å²) in [5, 5.41) is 3.35. The molecule has 6 nitrogen and oxygen atoms in total. The molecule has 33 heavy (non-hydrogen) atoms. The zero-order valence-electron chi connectivity index (χ0n) is 19.2. The Balaban J connectivity index is 1.79. The Bertz CT molecular complexity index is 1100. The molecule has 1 fully saturated rings. The number of aryl methyl sites for hydroxylation is 2. The zero-order chi connectivity index (χ0) is 24.2. The van der Waals surface area contributed by atoms with Crippen molar-refractivity contribution in [3.8, 4) is 5.75 Å². The number of piperidine rings is 1. The van der Waals surface area contributed by atoms with Crippen molar-refractivity contribution in [3.05, 3.63) is 51.0 Å². The van der Waals surface area contributed by atoms with E-state index in [-0.39, 0.29) is 22.4 Å². The van der Waals surface area contributed by atoms with Crippen LogP contribution >= 0.6 is 27.5 Å². The van der Waals surface area contributed by atoms with Gasteiger partial charge in [0, 0.05) is 23.2 Å². The Morgan fingerprint density at radius 3 is 2.42 bits per heavy atom. The highest BCUT2D eigenvalue weighted by Crippen LogP contribution is 2.32. The Labute approximate surface area is 209 Å². The quantitative estimate of drug-likeness (QED) is 0.454. The maximum Gasteiger partial charge on any atom is 0.243 e. The number of sulfonamides is 1. The Morgan fingerprint density at radius 1 is 1.18 bits per heavy atom. The molecule has 0 aromatic heterocycles. The monoisotopic (exact) mass is 556 g/mol. The van der Waals surface area contributed by atoms with E-state index in [2.05, 4.69) is 21.2 Å². The molecule has 1 unspecified atom stereocenters. The van der Waals surface area contributed by atoms with Gasteiger partial charge in [0.25, 0.3) is 0 Å². The normalized spacial score (nSPS) is 17.1. The van der Waals surface area contributed by atoms with Crippen LogP contribution in [0.25, 0.3) is 0 Å². The molecule has 0 spiro atoms. The number of benzene rings is 2. The van der Waals surface area contributed by atoms with Crippen molar-refractivity contribution in [3.63, 3.8) is 0 Å². The number of carbonyl (C=O) groups is 1. The number of ether oxygens (including phenoxy) is 1. The molecule has 1 aliphatic heterocycles. The van der Waals surface area contributed by atoms with Crippen LogP contribution < -0.4 is 10.1 Å². The molecule has 1 heterocycles. The van der Waals surface area contributed by atoms with E-state index in [1.54, 1.807) is 6.07 Å². The van der Waals surface area contributed by atoms with Gasteiger partial charge in [0.05, 0.1) is 22.4 Å². The van der Waals surface area contributed by atoms with E-state index in [0.29, 0.717) is 31.7 Å². The van der Waals surface area contributed by atoms with Crippen LogP contribution in [0.5, 0.6) is 5.75 Å². The molecule has 0 radical (unpaired) electrons. The molecule has 1 atom stereocenters. The SMILES string of the molecule is CCOc1ccc(S(=O)(=O)N2CCCC(C(=O)Nc3c(CC)cc(Br)cc3CC)C2)cc1Cl. The molecule has 2 aromatic carbocycles. The fraction of sp³-hybridized carbons (Fsp3) is 0.458. The summed E-state index contributed by atoms with van der Waals surface area (Å²) in [5.41, 5.74) is 2.95. The predicted molar refractivity (Wildman–Crippen MR) is 136 cm³/mol. The van der Waals surface area contributed by atoms with E-state index in [4.69, 9.17) is 16.3 Å². The van der Waals surface area contributed by atoms with Crippen molar-refractivity contribution < 1.29 is 17.9 Å². The lowest BCUT2D eigenvalue weighted by Gasteiger charge is -2.31. The molecule has 1 N–H and O–H groups in total. The highest BCUT2D eigenvalue weighted by molar-refractivity contribution is 9.10. The number of nitrogens with zero attached hydrogens (tertiary/aromatic N) is 1. The van der Waals surface area contributed by atoms with E-state index in [9.17, 15) is 13.2 Å². The molecular formula is C24H30BrClN2O4S. The lowest BCUT2D eigenvalue weighted by Crippen LogP contribution is -2.43. The third-order valence-electron chi connectivity index (χ3n) is 5.87. The van der Waals surface area contributed by atoms with Crippen LogP contribution in [0.15, 0.2) is 39.7 Å². The number of anilines is 1. The standard InChI is InChI=1S/C24H30BrClN2O4S/c1-4-16-12-19(25)13-17(5-2)23(16)27-24(29)18-8-7-11-28(15-18)33(30,31)20-9-10-22(32-6-3)21(26)14-20/h9-10,12-14,18H,4-8,11,15H2,1-3H3,(H,27,29). The van der Waals surface area contributed by atoms with Crippen molar-refractivity contribution in [1.82, 2.24) is 4.31 Å². The fourth-order valence-electron chi connectivity index (χ4n) is 4.11. The lowest BCUT2D eigenvalue weighted by atomic mass is 9.97. The largest absolute Gasteiger partial charge is 0.492 e. The van der Waals surface area contributed by atoms with E-state index in [0.717, 1.165) is 34.1 Å². The molecule has 1 saturated heterocycles. The number of hydrogen-bond donors (Lipinski definition) is 1.